The van der Waals surface area contributed by atoms with Gasteiger partial charge in [-0.1, -0.05) is 43.1 Å². The van der Waals surface area contributed by atoms with Crippen LogP contribution in [0.25, 0.3) is 0 Å². The second kappa shape index (κ2) is 8.91. The molecule has 1 fully saturated rings. The first-order valence-electron chi connectivity index (χ1n) is 8.39. The van der Waals surface area contributed by atoms with Crippen molar-refractivity contribution >= 4 is 29.1 Å². The number of nitrogens with zero attached hydrogens (tertiary/aromatic N) is 2. The largest absolute Gasteiger partial charge is 0.340 e. The number of hydrogen-bond donors (Lipinski definition) is 0. The number of halogens is 2. The summed E-state index contributed by atoms with van der Waals surface area (Å²) in [5.74, 6) is 0.939. The fourth-order valence-corrected chi connectivity index (χ4v) is 3.20. The van der Waals surface area contributed by atoms with E-state index in [1.54, 1.807) is 12.1 Å². The van der Waals surface area contributed by atoms with Crippen LogP contribution in [0.5, 0.6) is 0 Å². The van der Waals surface area contributed by atoms with Crippen LogP contribution in [0.3, 0.4) is 0 Å². The van der Waals surface area contributed by atoms with Gasteiger partial charge < -0.3 is 4.90 Å². The standard InChI is InChI=1S/C18H26Cl2N2O/c1-14(2)4-3-7-21-8-10-22(11-9-21)18(23)13-15-5-6-16(19)17(20)12-15/h5-6,12,14H,3-4,7-11,13H2,1-2H3. The molecule has 0 atom stereocenters. The molecule has 0 aliphatic carbocycles. The second-order valence-electron chi connectivity index (χ2n) is 6.68. The van der Waals surface area contributed by atoms with Crippen LogP contribution in [0.2, 0.25) is 10.0 Å². The van der Waals surface area contributed by atoms with Crippen molar-refractivity contribution in [2.75, 3.05) is 32.7 Å². The molecule has 0 spiro atoms. The van der Waals surface area contributed by atoms with E-state index in [-0.39, 0.29) is 5.91 Å². The molecule has 1 saturated heterocycles. The predicted molar refractivity (Wildman–Crippen MR) is 97.3 cm³/mol. The van der Waals surface area contributed by atoms with Gasteiger partial charge in [0.15, 0.2) is 0 Å². The van der Waals surface area contributed by atoms with E-state index in [1.807, 2.05) is 11.0 Å². The van der Waals surface area contributed by atoms with Crippen LogP contribution in [-0.4, -0.2) is 48.4 Å². The molecule has 0 N–H and O–H groups in total. The van der Waals surface area contributed by atoms with E-state index < -0.39 is 0 Å². The lowest BCUT2D eigenvalue weighted by molar-refractivity contribution is -0.132. The number of amides is 1. The summed E-state index contributed by atoms with van der Waals surface area (Å²) in [6, 6.07) is 5.40. The summed E-state index contributed by atoms with van der Waals surface area (Å²) in [7, 11) is 0. The van der Waals surface area contributed by atoms with Crippen molar-refractivity contribution in [1.29, 1.82) is 0 Å². The van der Waals surface area contributed by atoms with Gasteiger partial charge in [-0.25, -0.2) is 0 Å². The van der Waals surface area contributed by atoms with Crippen LogP contribution in [0.4, 0.5) is 0 Å². The quantitative estimate of drug-likeness (QED) is 0.765. The van der Waals surface area contributed by atoms with Crippen molar-refractivity contribution in [2.24, 2.45) is 5.92 Å². The molecule has 23 heavy (non-hydrogen) atoms. The molecule has 128 valence electrons. The van der Waals surface area contributed by atoms with Gasteiger partial charge in [-0.2, -0.15) is 0 Å². The number of benzene rings is 1. The summed E-state index contributed by atoms with van der Waals surface area (Å²) < 4.78 is 0. The highest BCUT2D eigenvalue weighted by Crippen LogP contribution is 2.23. The van der Waals surface area contributed by atoms with Crippen molar-refractivity contribution in [3.8, 4) is 0 Å². The summed E-state index contributed by atoms with van der Waals surface area (Å²) >= 11 is 11.9. The molecule has 5 heteroatoms. The zero-order valence-corrected chi connectivity index (χ0v) is 15.5. The molecule has 1 aliphatic heterocycles. The summed E-state index contributed by atoms with van der Waals surface area (Å²) in [4.78, 5) is 16.8. The van der Waals surface area contributed by atoms with E-state index in [1.165, 1.54) is 12.8 Å². The normalized spacial score (nSPS) is 16.1. The van der Waals surface area contributed by atoms with Gasteiger partial charge in [0.1, 0.15) is 0 Å². The Morgan fingerprint density at radius 3 is 2.43 bits per heavy atom. The Kier molecular flexibility index (Phi) is 7.19. The molecular weight excluding hydrogens is 331 g/mol. The Morgan fingerprint density at radius 2 is 1.83 bits per heavy atom. The summed E-state index contributed by atoms with van der Waals surface area (Å²) in [5.41, 5.74) is 0.920. The molecule has 3 nitrogen and oxygen atoms in total. The van der Waals surface area contributed by atoms with Crippen molar-refractivity contribution < 1.29 is 4.79 Å². The summed E-state index contributed by atoms with van der Waals surface area (Å²) in [6.07, 6.45) is 2.91. The molecule has 1 aromatic carbocycles. The molecule has 1 heterocycles. The molecule has 1 aromatic rings. The van der Waals surface area contributed by atoms with E-state index in [9.17, 15) is 4.79 Å². The van der Waals surface area contributed by atoms with Crippen LogP contribution in [0.1, 0.15) is 32.3 Å². The fraction of sp³-hybridized carbons (Fsp3) is 0.611. The maximum Gasteiger partial charge on any atom is 0.227 e. The van der Waals surface area contributed by atoms with Gasteiger partial charge >= 0.3 is 0 Å². The zero-order valence-electron chi connectivity index (χ0n) is 14.0. The summed E-state index contributed by atoms with van der Waals surface area (Å²) in [5, 5.41) is 1.03. The minimum atomic E-state index is 0.171. The van der Waals surface area contributed by atoms with E-state index in [4.69, 9.17) is 23.2 Å². The average molecular weight is 357 g/mol. The third-order valence-electron chi connectivity index (χ3n) is 4.32. The highest BCUT2D eigenvalue weighted by Gasteiger charge is 2.21. The van der Waals surface area contributed by atoms with Gasteiger partial charge in [-0.05, 0) is 43.0 Å². The third kappa shape index (κ3) is 5.98. The third-order valence-corrected chi connectivity index (χ3v) is 5.06. The predicted octanol–water partition coefficient (Wildman–Crippen LogP) is 4.12. The van der Waals surface area contributed by atoms with Gasteiger partial charge in [0.25, 0.3) is 0 Å². The lowest BCUT2D eigenvalue weighted by Gasteiger charge is -2.35. The second-order valence-corrected chi connectivity index (χ2v) is 7.50. The molecule has 0 radical (unpaired) electrons. The molecule has 0 saturated carbocycles. The first kappa shape index (κ1) is 18.6. The van der Waals surface area contributed by atoms with Crippen molar-refractivity contribution in [2.45, 2.75) is 33.1 Å². The SMILES string of the molecule is CC(C)CCCN1CCN(C(=O)Cc2ccc(Cl)c(Cl)c2)CC1. The van der Waals surface area contributed by atoms with Crippen LogP contribution in [0.15, 0.2) is 18.2 Å². The van der Waals surface area contributed by atoms with Gasteiger partial charge in [-0.15, -0.1) is 0 Å². The fourth-order valence-electron chi connectivity index (χ4n) is 2.88. The molecular formula is C18H26Cl2N2O. The Balaban J connectivity index is 1.76. The maximum absolute atomic E-state index is 12.4. The Bertz CT molecular complexity index is 526. The van der Waals surface area contributed by atoms with Gasteiger partial charge in [0.05, 0.1) is 16.5 Å². The zero-order chi connectivity index (χ0) is 16.8. The lowest BCUT2D eigenvalue weighted by Crippen LogP contribution is -2.49. The Morgan fingerprint density at radius 1 is 1.13 bits per heavy atom. The highest BCUT2D eigenvalue weighted by atomic mass is 35.5. The minimum Gasteiger partial charge on any atom is -0.340 e. The minimum absolute atomic E-state index is 0.171. The van der Waals surface area contributed by atoms with Crippen LogP contribution in [0, 0.1) is 5.92 Å². The monoisotopic (exact) mass is 356 g/mol. The number of piperazine rings is 1. The van der Waals surface area contributed by atoms with E-state index in [2.05, 4.69) is 18.7 Å². The van der Waals surface area contributed by atoms with Crippen LogP contribution >= 0.6 is 23.2 Å². The molecule has 2 rings (SSSR count). The van der Waals surface area contributed by atoms with Crippen molar-refractivity contribution in [1.82, 2.24) is 9.80 Å². The summed E-state index contributed by atoms with van der Waals surface area (Å²) in [6.45, 7) is 9.27. The van der Waals surface area contributed by atoms with Gasteiger partial charge in [0, 0.05) is 26.2 Å². The number of hydrogen-bond acceptors (Lipinski definition) is 2. The first-order valence-corrected chi connectivity index (χ1v) is 9.15. The van der Waals surface area contributed by atoms with Crippen molar-refractivity contribution in [3.63, 3.8) is 0 Å². The molecule has 0 unspecified atom stereocenters. The maximum atomic E-state index is 12.4. The highest BCUT2D eigenvalue weighted by molar-refractivity contribution is 6.42. The Hall–Kier alpha value is -0.770. The van der Waals surface area contributed by atoms with Crippen LogP contribution < -0.4 is 0 Å². The number of rotatable bonds is 6. The molecule has 0 bridgehead atoms. The molecule has 1 aliphatic rings. The lowest BCUT2D eigenvalue weighted by atomic mass is 10.1. The topological polar surface area (TPSA) is 23.6 Å². The van der Waals surface area contributed by atoms with Crippen LogP contribution in [-0.2, 0) is 11.2 Å². The van der Waals surface area contributed by atoms with E-state index in [0.29, 0.717) is 16.5 Å². The number of carbonyl (C=O) groups excluding carboxylic acids is 1. The van der Waals surface area contributed by atoms with Gasteiger partial charge in [-0.3, -0.25) is 9.69 Å². The van der Waals surface area contributed by atoms with E-state index >= 15 is 0 Å². The Labute approximate surface area is 149 Å². The van der Waals surface area contributed by atoms with Crippen molar-refractivity contribution in [3.05, 3.63) is 33.8 Å². The molecule has 0 aromatic heterocycles. The van der Waals surface area contributed by atoms with Gasteiger partial charge in [0.2, 0.25) is 5.91 Å². The smallest absolute Gasteiger partial charge is 0.227 e. The first-order chi connectivity index (χ1) is 11.0. The number of carbonyl (C=O) groups is 1. The molecule has 1 amide bonds. The average Bonchev–Trinajstić information content (AvgIpc) is 2.51. The van der Waals surface area contributed by atoms with E-state index in [0.717, 1.165) is 44.2 Å².